The molecule has 0 spiro atoms. The number of sulfonamides is 1. The van der Waals surface area contributed by atoms with Crippen LogP contribution in [0, 0.1) is 29.1 Å². The van der Waals surface area contributed by atoms with E-state index in [9.17, 15) is 30.4 Å². The van der Waals surface area contributed by atoms with Crippen molar-refractivity contribution in [1.29, 1.82) is 0 Å². The fourth-order valence-electron chi connectivity index (χ4n) is 3.46. The van der Waals surface area contributed by atoms with E-state index in [0.29, 0.717) is 21.2 Å². The molecule has 1 unspecified atom stereocenters. The van der Waals surface area contributed by atoms with Crippen LogP contribution in [0.4, 0.5) is 22.0 Å². The van der Waals surface area contributed by atoms with E-state index in [1.54, 1.807) is 54.6 Å². The van der Waals surface area contributed by atoms with E-state index in [1.165, 1.54) is 14.0 Å². The Morgan fingerprint density at radius 3 is 1.91 bits per heavy atom. The highest BCUT2D eigenvalue weighted by Gasteiger charge is 2.39. The molecule has 0 heterocycles. The highest BCUT2D eigenvalue weighted by Crippen LogP contribution is 2.32. The summed E-state index contributed by atoms with van der Waals surface area (Å²) in [5, 5.41) is 0. The molecule has 176 valence electrons. The summed E-state index contributed by atoms with van der Waals surface area (Å²) in [7, 11) is -3.74. The van der Waals surface area contributed by atoms with E-state index in [1.807, 2.05) is 0 Å². The van der Waals surface area contributed by atoms with Gasteiger partial charge in [-0.05, 0) is 30.5 Å². The van der Waals surface area contributed by atoms with Gasteiger partial charge < -0.3 is 4.74 Å². The Bertz CT molecular complexity index is 1220. The van der Waals surface area contributed by atoms with Crippen molar-refractivity contribution in [3.8, 4) is 5.75 Å². The molecule has 0 aromatic heterocycles. The molecule has 0 saturated carbocycles. The predicted molar refractivity (Wildman–Crippen MR) is 112 cm³/mol. The number of ether oxygens (including phenoxy) is 1. The van der Waals surface area contributed by atoms with Crippen LogP contribution >= 0.6 is 0 Å². The molecule has 0 aliphatic rings. The normalized spacial score (nSPS) is 12.7. The van der Waals surface area contributed by atoms with Crippen molar-refractivity contribution < 1.29 is 35.1 Å². The fraction of sp³-hybridized carbons (Fsp3) is 0.217. The maximum Gasteiger partial charge on any atom is 0.249 e. The molecule has 33 heavy (non-hydrogen) atoms. The van der Waals surface area contributed by atoms with Gasteiger partial charge >= 0.3 is 0 Å². The number of rotatable bonds is 8. The second kappa shape index (κ2) is 9.88. The summed E-state index contributed by atoms with van der Waals surface area (Å²) >= 11 is 0. The zero-order valence-corrected chi connectivity index (χ0v) is 18.5. The third-order valence-electron chi connectivity index (χ3n) is 5.12. The second-order valence-electron chi connectivity index (χ2n) is 7.30. The Labute approximate surface area is 188 Å². The average molecular weight is 485 g/mol. The first-order valence-corrected chi connectivity index (χ1v) is 11.2. The topological polar surface area (TPSA) is 46.6 Å². The first kappa shape index (κ1) is 24.7. The Morgan fingerprint density at radius 2 is 1.33 bits per heavy atom. The van der Waals surface area contributed by atoms with Gasteiger partial charge in [-0.15, -0.1) is 0 Å². The minimum Gasteiger partial charge on any atom is -0.496 e. The molecule has 0 aliphatic heterocycles. The third-order valence-corrected chi connectivity index (χ3v) is 7.10. The molecule has 0 amide bonds. The maximum absolute atomic E-state index is 14.5. The summed E-state index contributed by atoms with van der Waals surface area (Å²) in [4.78, 5) is -1.89. The van der Waals surface area contributed by atoms with Gasteiger partial charge in [-0.3, -0.25) is 0 Å². The van der Waals surface area contributed by atoms with Gasteiger partial charge in [0.05, 0.1) is 7.11 Å². The zero-order chi connectivity index (χ0) is 24.3. The summed E-state index contributed by atoms with van der Waals surface area (Å²) < 4.78 is 103. The molecule has 1 atom stereocenters. The number of hydrogen-bond donors (Lipinski definition) is 0. The van der Waals surface area contributed by atoms with Gasteiger partial charge in [0.25, 0.3) is 0 Å². The highest BCUT2D eigenvalue weighted by molar-refractivity contribution is 7.89. The summed E-state index contributed by atoms with van der Waals surface area (Å²) in [6.07, 6.45) is 0.0471. The molecule has 0 radical (unpaired) electrons. The maximum atomic E-state index is 14.5. The monoisotopic (exact) mass is 485 g/mol. The molecule has 3 rings (SSSR count). The van der Waals surface area contributed by atoms with Crippen molar-refractivity contribution in [2.45, 2.75) is 30.8 Å². The van der Waals surface area contributed by atoms with Crippen LogP contribution in [0.5, 0.6) is 5.75 Å². The highest BCUT2D eigenvalue weighted by atomic mass is 32.2. The minimum absolute atomic E-state index is 0.0471. The molecule has 3 aromatic rings. The summed E-state index contributed by atoms with van der Waals surface area (Å²) in [5.41, 5.74) is 1.05. The van der Waals surface area contributed by atoms with Crippen molar-refractivity contribution in [1.82, 2.24) is 4.31 Å². The van der Waals surface area contributed by atoms with Crippen LogP contribution in [0.25, 0.3) is 0 Å². The number of nitrogens with zero attached hydrogens (tertiary/aromatic N) is 1. The molecule has 10 heteroatoms. The molecule has 0 saturated heterocycles. The number of hydrogen-bond acceptors (Lipinski definition) is 3. The van der Waals surface area contributed by atoms with Crippen molar-refractivity contribution in [2.24, 2.45) is 0 Å². The lowest BCUT2D eigenvalue weighted by Gasteiger charge is -2.29. The largest absolute Gasteiger partial charge is 0.496 e. The molecule has 0 aliphatic carbocycles. The van der Waals surface area contributed by atoms with Crippen LogP contribution in [0.3, 0.4) is 0 Å². The Morgan fingerprint density at radius 1 is 0.818 bits per heavy atom. The van der Waals surface area contributed by atoms with Crippen LogP contribution in [0.1, 0.15) is 18.1 Å². The van der Waals surface area contributed by atoms with E-state index in [4.69, 9.17) is 4.74 Å². The lowest BCUT2D eigenvalue weighted by Crippen LogP contribution is -2.40. The number of methoxy groups -OCH3 is 1. The van der Waals surface area contributed by atoms with Gasteiger partial charge in [0, 0.05) is 12.6 Å². The van der Waals surface area contributed by atoms with Gasteiger partial charge in [0.2, 0.25) is 15.8 Å². The smallest absolute Gasteiger partial charge is 0.249 e. The van der Waals surface area contributed by atoms with Crippen molar-refractivity contribution in [3.63, 3.8) is 0 Å². The SMILES string of the molecule is COc1ccccc1CC(C)N(Cc1ccccc1)S(=O)(=O)c1c(F)c(F)c(F)c(F)c1F. The Hall–Kier alpha value is -2.98. The van der Waals surface area contributed by atoms with Crippen molar-refractivity contribution in [2.75, 3.05) is 7.11 Å². The van der Waals surface area contributed by atoms with E-state index in [0.717, 1.165) is 0 Å². The first-order valence-electron chi connectivity index (χ1n) is 9.78. The minimum atomic E-state index is -5.17. The van der Waals surface area contributed by atoms with Gasteiger partial charge in [-0.25, -0.2) is 30.4 Å². The number of para-hydroxylation sites is 1. The van der Waals surface area contributed by atoms with Crippen molar-refractivity contribution >= 4 is 10.0 Å². The zero-order valence-electron chi connectivity index (χ0n) is 17.7. The lowest BCUT2D eigenvalue weighted by atomic mass is 10.1. The second-order valence-corrected chi connectivity index (χ2v) is 9.13. The first-order chi connectivity index (χ1) is 15.6. The summed E-state index contributed by atoms with van der Waals surface area (Å²) in [6, 6.07) is 13.9. The van der Waals surface area contributed by atoms with Crippen LogP contribution in [0.15, 0.2) is 59.5 Å². The van der Waals surface area contributed by atoms with Crippen LogP contribution in [0.2, 0.25) is 0 Å². The molecule has 0 fully saturated rings. The quantitative estimate of drug-likeness (QED) is 0.250. The van der Waals surface area contributed by atoms with Crippen LogP contribution in [-0.4, -0.2) is 25.9 Å². The van der Waals surface area contributed by atoms with Crippen LogP contribution < -0.4 is 4.74 Å². The lowest BCUT2D eigenvalue weighted by molar-refractivity contribution is 0.312. The fourth-order valence-corrected chi connectivity index (χ4v) is 5.20. The molecule has 3 aromatic carbocycles. The van der Waals surface area contributed by atoms with E-state index in [-0.39, 0.29) is 13.0 Å². The van der Waals surface area contributed by atoms with Gasteiger partial charge in [-0.2, -0.15) is 4.31 Å². The number of benzene rings is 3. The third kappa shape index (κ3) is 4.86. The van der Waals surface area contributed by atoms with Crippen molar-refractivity contribution in [3.05, 3.63) is 94.8 Å². The van der Waals surface area contributed by atoms with Gasteiger partial charge in [0.1, 0.15) is 5.75 Å². The molecular weight excluding hydrogens is 465 g/mol. The molecule has 0 bridgehead atoms. The van der Waals surface area contributed by atoms with Gasteiger partial charge in [-0.1, -0.05) is 48.5 Å². The van der Waals surface area contributed by atoms with E-state index >= 15 is 0 Å². The summed E-state index contributed by atoms with van der Waals surface area (Å²) in [5.74, 6) is -11.4. The van der Waals surface area contributed by atoms with E-state index in [2.05, 4.69) is 0 Å². The summed E-state index contributed by atoms with van der Waals surface area (Å²) in [6.45, 7) is 1.11. The molecule has 0 N–H and O–H groups in total. The molecule has 4 nitrogen and oxygen atoms in total. The Balaban J connectivity index is 2.13. The number of halogens is 5. The predicted octanol–water partition coefficient (Wildman–Crippen LogP) is 5.21. The van der Waals surface area contributed by atoms with Crippen LogP contribution in [-0.2, 0) is 23.0 Å². The van der Waals surface area contributed by atoms with E-state index < -0.39 is 50.0 Å². The van der Waals surface area contributed by atoms with Gasteiger partial charge in [0.15, 0.2) is 28.2 Å². The average Bonchev–Trinajstić information content (AvgIpc) is 2.80. The Kier molecular flexibility index (Phi) is 7.38. The standard InChI is InChI=1S/C23H20F5NO3S/c1-14(12-16-10-6-7-11-17(16)32-2)29(13-15-8-4-3-5-9-15)33(30,31)23-21(27)19(25)18(24)20(26)22(23)28/h3-11,14H,12-13H2,1-2H3. The molecular formula is C23H20F5NO3S.